The van der Waals surface area contributed by atoms with Crippen molar-refractivity contribution in [1.82, 2.24) is 9.97 Å². The number of nitrogens with two attached hydrogens (primary N) is 1. The van der Waals surface area contributed by atoms with Crippen molar-refractivity contribution in [3.8, 4) is 17.0 Å². The second kappa shape index (κ2) is 8.39. The fraction of sp³-hybridized carbons (Fsp3) is 0.158. The van der Waals surface area contributed by atoms with E-state index in [1.54, 1.807) is 12.1 Å². The molecular formula is C19H15F5N4O. The molecule has 0 spiro atoms. The molecule has 0 aliphatic rings. The van der Waals surface area contributed by atoms with Crippen LogP contribution in [0.15, 0.2) is 54.9 Å². The van der Waals surface area contributed by atoms with Crippen LogP contribution in [-0.4, -0.2) is 22.9 Å². The Morgan fingerprint density at radius 3 is 2.38 bits per heavy atom. The van der Waals surface area contributed by atoms with Gasteiger partial charge in [-0.3, -0.25) is 0 Å². The number of anilines is 1. The SMILES string of the molecule is NC(CNc1cc(-c2ccc(OC(F)(F)F)c(F)c2)ncn1)c1ccc(F)cc1. The van der Waals surface area contributed by atoms with Gasteiger partial charge in [-0.25, -0.2) is 18.7 Å². The molecule has 0 radical (unpaired) electrons. The molecule has 1 aromatic heterocycles. The highest BCUT2D eigenvalue weighted by Crippen LogP contribution is 2.29. The van der Waals surface area contributed by atoms with Crippen LogP contribution in [0.4, 0.5) is 27.8 Å². The Balaban J connectivity index is 1.70. The van der Waals surface area contributed by atoms with E-state index in [1.807, 2.05) is 0 Å². The first-order valence-corrected chi connectivity index (χ1v) is 8.34. The predicted octanol–water partition coefficient (Wildman–Crippen LogP) is 4.43. The van der Waals surface area contributed by atoms with Gasteiger partial charge in [0.25, 0.3) is 0 Å². The number of halogens is 5. The van der Waals surface area contributed by atoms with Crippen molar-refractivity contribution >= 4 is 5.82 Å². The minimum Gasteiger partial charge on any atom is -0.403 e. The van der Waals surface area contributed by atoms with Gasteiger partial charge in [0.2, 0.25) is 0 Å². The Bertz CT molecular complexity index is 979. The van der Waals surface area contributed by atoms with E-state index in [4.69, 9.17) is 5.73 Å². The number of hydrogen-bond acceptors (Lipinski definition) is 5. The van der Waals surface area contributed by atoms with E-state index in [-0.39, 0.29) is 23.6 Å². The maximum Gasteiger partial charge on any atom is 0.573 e. The Morgan fingerprint density at radius 2 is 1.72 bits per heavy atom. The van der Waals surface area contributed by atoms with Gasteiger partial charge < -0.3 is 15.8 Å². The summed E-state index contributed by atoms with van der Waals surface area (Å²) in [6.45, 7) is 0.273. The normalized spacial score (nSPS) is 12.5. The summed E-state index contributed by atoms with van der Waals surface area (Å²) in [6, 6.07) is 9.81. The molecule has 3 N–H and O–H groups in total. The number of alkyl halides is 3. The summed E-state index contributed by atoms with van der Waals surface area (Å²) in [5.41, 5.74) is 7.29. The molecule has 0 aliphatic carbocycles. The third kappa shape index (κ3) is 5.61. The van der Waals surface area contributed by atoms with E-state index in [2.05, 4.69) is 20.0 Å². The Labute approximate surface area is 162 Å². The number of rotatable bonds is 6. The van der Waals surface area contributed by atoms with Crippen molar-refractivity contribution < 1.29 is 26.7 Å². The highest BCUT2D eigenvalue weighted by Gasteiger charge is 2.32. The summed E-state index contributed by atoms with van der Waals surface area (Å²) in [5, 5.41) is 2.99. The average Bonchev–Trinajstić information content (AvgIpc) is 2.67. The minimum absolute atomic E-state index is 0.241. The third-order valence-electron chi connectivity index (χ3n) is 3.92. The topological polar surface area (TPSA) is 73.1 Å². The lowest BCUT2D eigenvalue weighted by Gasteiger charge is -2.14. The van der Waals surface area contributed by atoms with Crippen LogP contribution in [-0.2, 0) is 0 Å². The molecule has 0 fully saturated rings. The molecule has 0 amide bonds. The lowest BCUT2D eigenvalue weighted by Crippen LogP contribution is -2.21. The molecule has 3 aromatic rings. The van der Waals surface area contributed by atoms with Crippen LogP contribution in [0.5, 0.6) is 5.75 Å². The summed E-state index contributed by atoms with van der Waals surface area (Å²) < 4.78 is 67.2. The number of aromatic nitrogens is 2. The first kappa shape index (κ1) is 20.5. The Morgan fingerprint density at radius 1 is 1.00 bits per heavy atom. The van der Waals surface area contributed by atoms with Crippen molar-refractivity contribution in [2.45, 2.75) is 12.4 Å². The zero-order valence-corrected chi connectivity index (χ0v) is 14.8. The van der Waals surface area contributed by atoms with Crippen molar-refractivity contribution in [3.05, 3.63) is 72.1 Å². The van der Waals surface area contributed by atoms with Crippen LogP contribution < -0.4 is 15.8 Å². The minimum atomic E-state index is -4.99. The van der Waals surface area contributed by atoms with Gasteiger partial charge in [0.05, 0.1) is 5.69 Å². The van der Waals surface area contributed by atoms with Crippen molar-refractivity contribution in [3.63, 3.8) is 0 Å². The number of benzene rings is 2. The molecule has 1 unspecified atom stereocenters. The Kier molecular flexibility index (Phi) is 5.92. The van der Waals surface area contributed by atoms with Gasteiger partial charge in [-0.1, -0.05) is 12.1 Å². The zero-order chi connectivity index (χ0) is 21.0. The zero-order valence-electron chi connectivity index (χ0n) is 14.8. The molecule has 152 valence electrons. The molecule has 10 heteroatoms. The molecule has 29 heavy (non-hydrogen) atoms. The van der Waals surface area contributed by atoms with Gasteiger partial charge in [0.1, 0.15) is 18.0 Å². The van der Waals surface area contributed by atoms with Crippen molar-refractivity contribution in [1.29, 1.82) is 0 Å². The average molecular weight is 410 g/mol. The van der Waals surface area contributed by atoms with Crippen molar-refractivity contribution in [2.24, 2.45) is 5.73 Å². The molecule has 3 rings (SSSR count). The fourth-order valence-electron chi connectivity index (χ4n) is 2.52. The second-order valence-corrected chi connectivity index (χ2v) is 6.02. The van der Waals surface area contributed by atoms with Gasteiger partial charge in [-0.05, 0) is 35.9 Å². The van der Waals surface area contributed by atoms with E-state index in [0.29, 0.717) is 5.82 Å². The van der Waals surface area contributed by atoms with Gasteiger partial charge in [-0.15, -0.1) is 13.2 Å². The van der Waals surface area contributed by atoms with Gasteiger partial charge in [0.15, 0.2) is 11.6 Å². The van der Waals surface area contributed by atoms with Crippen LogP contribution in [0.2, 0.25) is 0 Å². The molecule has 0 aliphatic heterocycles. The van der Waals surface area contributed by atoms with Gasteiger partial charge >= 0.3 is 6.36 Å². The van der Waals surface area contributed by atoms with E-state index in [1.165, 1.54) is 30.6 Å². The second-order valence-electron chi connectivity index (χ2n) is 6.02. The largest absolute Gasteiger partial charge is 0.573 e. The number of nitrogens with one attached hydrogen (secondary N) is 1. The molecule has 0 saturated carbocycles. The summed E-state index contributed by atoms with van der Waals surface area (Å²) in [5.74, 6) is -2.10. The highest BCUT2D eigenvalue weighted by molar-refractivity contribution is 5.63. The summed E-state index contributed by atoms with van der Waals surface area (Å²) in [7, 11) is 0. The van der Waals surface area contributed by atoms with Gasteiger partial charge in [0, 0.05) is 24.2 Å². The van der Waals surface area contributed by atoms with Gasteiger partial charge in [-0.2, -0.15) is 0 Å². The standard InChI is InChI=1S/C19H15F5N4O/c20-13-4-1-11(2-5-13)15(25)9-26-18-8-16(27-10-28-18)12-3-6-17(14(21)7-12)29-19(22,23)24/h1-8,10,15H,9,25H2,(H,26,27,28). The lowest BCUT2D eigenvalue weighted by molar-refractivity contribution is -0.275. The highest BCUT2D eigenvalue weighted by atomic mass is 19.4. The summed E-state index contributed by atoms with van der Waals surface area (Å²) >= 11 is 0. The maximum atomic E-state index is 13.9. The number of nitrogens with zero attached hydrogens (tertiary/aromatic N) is 2. The number of hydrogen-bond donors (Lipinski definition) is 2. The molecule has 2 aromatic carbocycles. The first-order valence-electron chi connectivity index (χ1n) is 8.34. The first-order chi connectivity index (χ1) is 13.7. The van der Waals surface area contributed by atoms with E-state index >= 15 is 0 Å². The van der Waals surface area contributed by atoms with Crippen LogP contribution in [0, 0.1) is 11.6 Å². The Hall–Kier alpha value is -3.27. The summed E-state index contributed by atoms with van der Waals surface area (Å²) in [6.07, 6.45) is -3.77. The lowest BCUT2D eigenvalue weighted by atomic mass is 10.1. The molecule has 1 heterocycles. The molecular weight excluding hydrogens is 395 g/mol. The maximum absolute atomic E-state index is 13.9. The molecule has 0 saturated heterocycles. The van der Waals surface area contributed by atoms with Crippen molar-refractivity contribution in [2.75, 3.05) is 11.9 Å². The quantitative estimate of drug-likeness (QED) is 0.588. The van der Waals surface area contributed by atoms with Crippen LogP contribution in [0.1, 0.15) is 11.6 Å². The van der Waals surface area contributed by atoms with E-state index in [9.17, 15) is 22.0 Å². The van der Waals surface area contributed by atoms with E-state index in [0.717, 1.165) is 17.7 Å². The molecule has 0 bridgehead atoms. The molecule has 5 nitrogen and oxygen atoms in total. The van der Waals surface area contributed by atoms with Crippen LogP contribution in [0.3, 0.4) is 0 Å². The van der Waals surface area contributed by atoms with Crippen LogP contribution in [0.25, 0.3) is 11.3 Å². The predicted molar refractivity (Wildman–Crippen MR) is 95.9 cm³/mol. The smallest absolute Gasteiger partial charge is 0.403 e. The van der Waals surface area contributed by atoms with Crippen LogP contribution >= 0.6 is 0 Å². The molecule has 1 atom stereocenters. The van der Waals surface area contributed by atoms with E-state index < -0.39 is 24.0 Å². The summed E-state index contributed by atoms with van der Waals surface area (Å²) in [4.78, 5) is 8.02. The fourth-order valence-corrected chi connectivity index (χ4v) is 2.52. The third-order valence-corrected chi connectivity index (χ3v) is 3.92. The monoisotopic (exact) mass is 410 g/mol. The number of ether oxygens (including phenoxy) is 1.